The number of nitro benzene ring substituents is 3. The quantitative estimate of drug-likeness (QED) is 0.470. The molecule has 0 bridgehead atoms. The number of nitro groups is 3. The zero-order chi connectivity index (χ0) is 17.9. The Morgan fingerprint density at radius 1 is 0.875 bits per heavy atom. The Kier molecular flexibility index (Phi) is 4.94. The molecule has 0 aliphatic rings. The average Bonchev–Trinajstić information content (AvgIpc) is 2.54. The topological polar surface area (TPSA) is 141 Å². The van der Waals surface area contributed by atoms with Crippen LogP contribution in [-0.4, -0.2) is 21.0 Å². The lowest BCUT2D eigenvalue weighted by Crippen LogP contribution is -2.03. The Morgan fingerprint density at radius 3 is 1.75 bits per heavy atom. The van der Waals surface area contributed by atoms with E-state index in [0.717, 1.165) is 4.90 Å². The summed E-state index contributed by atoms with van der Waals surface area (Å²) in [6.45, 7) is 0. The molecule has 0 aliphatic carbocycles. The number of benzene rings is 2. The third-order valence-electron chi connectivity index (χ3n) is 3.05. The zero-order valence-electron chi connectivity index (χ0n) is 12.2. The largest absolute Gasteiger partial charge is 0.344 e. The lowest BCUT2D eigenvalue weighted by atomic mass is 10.2. The van der Waals surface area contributed by atoms with Gasteiger partial charge in [-0.1, -0.05) is 0 Å². The van der Waals surface area contributed by atoms with Crippen LogP contribution in [0.25, 0.3) is 0 Å². The molecule has 0 saturated carbocycles. The monoisotopic (exact) mass is 350 g/mol. The molecule has 0 amide bonds. The van der Waals surface area contributed by atoms with Crippen LogP contribution in [0.3, 0.4) is 0 Å². The minimum atomic E-state index is -0.920. The van der Waals surface area contributed by atoms with E-state index in [-0.39, 0.29) is 0 Å². The summed E-state index contributed by atoms with van der Waals surface area (Å²) >= 11 is 1.49. The summed E-state index contributed by atoms with van der Waals surface area (Å²) in [5, 5.41) is 35.8. The summed E-state index contributed by atoms with van der Waals surface area (Å²) in [5.41, 5.74) is -2.24. The first-order valence-electron chi connectivity index (χ1n) is 6.35. The van der Waals surface area contributed by atoms with Crippen molar-refractivity contribution >= 4 is 40.2 Å². The molecule has 0 fully saturated rings. The standard InChI is InChI=1S/C13H10N4O6S/c1-24-10-4-2-8(3-5-10)14-13-11(16(20)21)6-9(15(18)19)7-12(13)17(22)23/h2-7,14H,1H3. The van der Waals surface area contributed by atoms with Crippen molar-refractivity contribution in [3.8, 4) is 0 Å². The summed E-state index contributed by atoms with van der Waals surface area (Å²) in [5.74, 6) is 0. The maximum Gasteiger partial charge on any atom is 0.306 e. The van der Waals surface area contributed by atoms with Crippen molar-refractivity contribution in [1.29, 1.82) is 0 Å². The van der Waals surface area contributed by atoms with E-state index >= 15 is 0 Å². The molecule has 11 heteroatoms. The Labute approximate surface area is 138 Å². The van der Waals surface area contributed by atoms with Gasteiger partial charge in [0.15, 0.2) is 5.69 Å². The van der Waals surface area contributed by atoms with Crippen LogP contribution in [0, 0.1) is 30.3 Å². The molecule has 0 atom stereocenters. The SMILES string of the molecule is CSc1ccc(Nc2c([N+](=O)[O-])cc([N+](=O)[O-])cc2[N+](=O)[O-])cc1. The first-order valence-corrected chi connectivity index (χ1v) is 7.58. The van der Waals surface area contributed by atoms with Gasteiger partial charge in [0.05, 0.1) is 26.9 Å². The molecule has 0 aromatic heterocycles. The summed E-state index contributed by atoms with van der Waals surface area (Å²) in [6, 6.07) is 8.03. The van der Waals surface area contributed by atoms with Crippen LogP contribution in [0.2, 0.25) is 0 Å². The summed E-state index contributed by atoms with van der Waals surface area (Å²) in [6.07, 6.45) is 1.87. The van der Waals surface area contributed by atoms with Gasteiger partial charge in [0, 0.05) is 10.6 Å². The van der Waals surface area contributed by atoms with Gasteiger partial charge in [0.1, 0.15) is 0 Å². The summed E-state index contributed by atoms with van der Waals surface area (Å²) in [4.78, 5) is 31.4. The van der Waals surface area contributed by atoms with Crippen molar-refractivity contribution in [1.82, 2.24) is 0 Å². The molecular weight excluding hydrogens is 340 g/mol. The molecule has 24 heavy (non-hydrogen) atoms. The zero-order valence-corrected chi connectivity index (χ0v) is 13.0. The van der Waals surface area contributed by atoms with Gasteiger partial charge < -0.3 is 5.32 Å². The molecule has 2 aromatic rings. The highest BCUT2D eigenvalue weighted by molar-refractivity contribution is 7.98. The van der Waals surface area contributed by atoms with Gasteiger partial charge in [0.25, 0.3) is 5.69 Å². The van der Waals surface area contributed by atoms with Gasteiger partial charge >= 0.3 is 11.4 Å². The van der Waals surface area contributed by atoms with Crippen LogP contribution < -0.4 is 5.32 Å². The number of nitrogens with one attached hydrogen (secondary N) is 1. The van der Waals surface area contributed by atoms with Gasteiger partial charge in [-0.2, -0.15) is 0 Å². The van der Waals surface area contributed by atoms with Crippen molar-refractivity contribution in [3.05, 3.63) is 66.7 Å². The Morgan fingerprint density at radius 2 is 1.38 bits per heavy atom. The second-order valence-electron chi connectivity index (χ2n) is 4.48. The fourth-order valence-corrected chi connectivity index (χ4v) is 2.35. The number of non-ortho nitro benzene ring substituents is 1. The van der Waals surface area contributed by atoms with Crippen LogP contribution in [0.15, 0.2) is 41.3 Å². The molecule has 0 saturated heterocycles. The van der Waals surface area contributed by atoms with E-state index in [2.05, 4.69) is 5.32 Å². The highest BCUT2D eigenvalue weighted by Gasteiger charge is 2.30. The predicted octanol–water partition coefficient (Wildman–Crippen LogP) is 3.88. The third kappa shape index (κ3) is 3.57. The maximum atomic E-state index is 11.2. The Bertz CT molecular complexity index is 789. The van der Waals surface area contributed by atoms with E-state index < -0.39 is 37.5 Å². The molecule has 0 unspecified atom stereocenters. The second-order valence-corrected chi connectivity index (χ2v) is 5.36. The highest BCUT2D eigenvalue weighted by Crippen LogP contribution is 2.40. The van der Waals surface area contributed by atoms with E-state index in [1.54, 1.807) is 24.3 Å². The molecule has 124 valence electrons. The Balaban J connectivity index is 2.58. The van der Waals surface area contributed by atoms with Gasteiger partial charge in [-0.25, -0.2) is 0 Å². The number of anilines is 2. The van der Waals surface area contributed by atoms with Crippen molar-refractivity contribution in [3.63, 3.8) is 0 Å². The van der Waals surface area contributed by atoms with Crippen LogP contribution in [0.4, 0.5) is 28.4 Å². The number of hydrogen-bond donors (Lipinski definition) is 1. The molecule has 10 nitrogen and oxygen atoms in total. The number of thioether (sulfide) groups is 1. The van der Waals surface area contributed by atoms with E-state index in [1.165, 1.54) is 11.8 Å². The van der Waals surface area contributed by atoms with Gasteiger partial charge in [-0.05, 0) is 30.5 Å². The molecule has 0 aliphatic heterocycles. The Hall–Kier alpha value is -3.21. The fourth-order valence-electron chi connectivity index (χ4n) is 1.94. The normalized spacial score (nSPS) is 10.2. The predicted molar refractivity (Wildman–Crippen MR) is 87.9 cm³/mol. The average molecular weight is 350 g/mol. The summed E-state index contributed by atoms with van der Waals surface area (Å²) < 4.78 is 0. The van der Waals surface area contributed by atoms with Crippen molar-refractivity contribution in [2.24, 2.45) is 0 Å². The van der Waals surface area contributed by atoms with Crippen LogP contribution in [0.1, 0.15) is 0 Å². The van der Waals surface area contributed by atoms with Gasteiger partial charge in [-0.3, -0.25) is 30.3 Å². The summed E-state index contributed by atoms with van der Waals surface area (Å²) in [7, 11) is 0. The first kappa shape index (κ1) is 17.1. The fraction of sp³-hybridized carbons (Fsp3) is 0.0769. The molecular formula is C13H10N4O6S. The number of hydrogen-bond acceptors (Lipinski definition) is 8. The third-order valence-corrected chi connectivity index (χ3v) is 3.79. The maximum absolute atomic E-state index is 11.2. The minimum absolute atomic E-state index is 0.382. The van der Waals surface area contributed by atoms with E-state index in [9.17, 15) is 30.3 Å². The van der Waals surface area contributed by atoms with Gasteiger partial charge in [-0.15, -0.1) is 11.8 Å². The number of rotatable bonds is 6. The first-order chi connectivity index (χ1) is 11.3. The van der Waals surface area contributed by atoms with Crippen LogP contribution >= 0.6 is 11.8 Å². The second kappa shape index (κ2) is 6.91. The van der Waals surface area contributed by atoms with Crippen molar-refractivity contribution in [2.75, 3.05) is 11.6 Å². The molecule has 2 rings (SSSR count). The molecule has 2 aromatic carbocycles. The number of nitrogens with zero attached hydrogens (tertiary/aromatic N) is 3. The van der Waals surface area contributed by atoms with Crippen LogP contribution in [0.5, 0.6) is 0 Å². The van der Waals surface area contributed by atoms with Crippen molar-refractivity contribution < 1.29 is 14.8 Å². The van der Waals surface area contributed by atoms with Crippen LogP contribution in [-0.2, 0) is 0 Å². The lowest BCUT2D eigenvalue weighted by molar-refractivity contribution is -0.401. The van der Waals surface area contributed by atoms with Gasteiger partial charge in [0.2, 0.25) is 0 Å². The molecule has 0 heterocycles. The highest BCUT2D eigenvalue weighted by atomic mass is 32.2. The van der Waals surface area contributed by atoms with Crippen molar-refractivity contribution in [2.45, 2.75) is 4.90 Å². The van der Waals surface area contributed by atoms with E-state index in [0.29, 0.717) is 17.8 Å². The minimum Gasteiger partial charge on any atom is -0.344 e. The molecule has 0 spiro atoms. The van der Waals surface area contributed by atoms with E-state index in [1.807, 2.05) is 6.26 Å². The van der Waals surface area contributed by atoms with E-state index in [4.69, 9.17) is 0 Å². The molecule has 0 radical (unpaired) electrons. The smallest absolute Gasteiger partial charge is 0.306 e. The molecule has 1 N–H and O–H groups in total. The lowest BCUT2D eigenvalue weighted by Gasteiger charge is -2.08.